The summed E-state index contributed by atoms with van der Waals surface area (Å²) in [5.41, 5.74) is 7.76. The van der Waals surface area contributed by atoms with Gasteiger partial charge in [0.25, 0.3) is 0 Å². The Morgan fingerprint density at radius 2 is 2.08 bits per heavy atom. The normalized spacial score (nSPS) is 15.8. The Balaban J connectivity index is 1.87. The molecular weight excluding hydrogens is 314 g/mol. The number of carbonyl (C=O) groups is 1. The number of nitrogen functional groups attached to an aromatic ring is 1. The quantitative estimate of drug-likeness (QED) is 0.859. The second kappa shape index (κ2) is 7.61. The van der Waals surface area contributed by atoms with E-state index in [1.54, 1.807) is 12.3 Å². The van der Waals surface area contributed by atoms with Crippen LogP contribution in [-0.2, 0) is 6.42 Å². The van der Waals surface area contributed by atoms with Gasteiger partial charge in [0.05, 0.1) is 5.56 Å². The van der Waals surface area contributed by atoms with Crippen LogP contribution in [0.2, 0.25) is 0 Å². The molecule has 0 unspecified atom stereocenters. The van der Waals surface area contributed by atoms with Gasteiger partial charge in [0.15, 0.2) is 0 Å². The molecule has 1 saturated heterocycles. The number of pyridine rings is 2. The standard InChI is InChI=1S/C19H25N5O/c1-3-14-12-15(19(20)21-13-14)18(25)16-6-4-7-17(22-16)24-9-5-8-23(2)10-11-24/h4,6-7,12-13H,3,5,8-11H2,1-2H3,(H2,20,21). The van der Waals surface area contributed by atoms with Gasteiger partial charge >= 0.3 is 0 Å². The van der Waals surface area contributed by atoms with Crippen molar-refractivity contribution >= 4 is 17.4 Å². The number of aryl methyl sites for hydroxylation is 1. The second-order valence-corrected chi connectivity index (χ2v) is 6.48. The topological polar surface area (TPSA) is 75.3 Å². The number of nitrogens with zero attached hydrogens (tertiary/aromatic N) is 4. The number of likely N-dealkylation sites (N-methyl/N-ethyl adjacent to an activating group) is 1. The van der Waals surface area contributed by atoms with E-state index < -0.39 is 0 Å². The van der Waals surface area contributed by atoms with Crippen LogP contribution < -0.4 is 10.6 Å². The summed E-state index contributed by atoms with van der Waals surface area (Å²) in [6.45, 7) is 5.97. The predicted octanol–water partition coefficient (Wildman–Crippen LogP) is 1.99. The molecule has 1 aliphatic rings. The zero-order chi connectivity index (χ0) is 17.8. The summed E-state index contributed by atoms with van der Waals surface area (Å²) in [4.78, 5) is 26.2. The van der Waals surface area contributed by atoms with Gasteiger partial charge in [-0.25, -0.2) is 9.97 Å². The fourth-order valence-electron chi connectivity index (χ4n) is 3.03. The van der Waals surface area contributed by atoms with E-state index in [1.165, 1.54) is 0 Å². The first-order valence-electron chi connectivity index (χ1n) is 8.78. The Kier molecular flexibility index (Phi) is 5.28. The highest BCUT2D eigenvalue weighted by Crippen LogP contribution is 2.19. The lowest BCUT2D eigenvalue weighted by molar-refractivity contribution is 0.103. The van der Waals surface area contributed by atoms with E-state index in [1.807, 2.05) is 25.1 Å². The highest BCUT2D eigenvalue weighted by Gasteiger charge is 2.18. The van der Waals surface area contributed by atoms with Gasteiger partial charge in [-0.1, -0.05) is 13.0 Å². The first-order chi connectivity index (χ1) is 12.1. The third-order valence-corrected chi connectivity index (χ3v) is 4.64. The number of hydrogen-bond acceptors (Lipinski definition) is 6. The van der Waals surface area contributed by atoms with E-state index in [0.29, 0.717) is 11.3 Å². The maximum atomic E-state index is 12.9. The summed E-state index contributed by atoms with van der Waals surface area (Å²) in [7, 11) is 2.13. The third-order valence-electron chi connectivity index (χ3n) is 4.64. The van der Waals surface area contributed by atoms with Crippen LogP contribution in [-0.4, -0.2) is 53.9 Å². The van der Waals surface area contributed by atoms with Crippen molar-refractivity contribution in [2.75, 3.05) is 43.9 Å². The van der Waals surface area contributed by atoms with E-state index in [2.05, 4.69) is 26.8 Å². The summed E-state index contributed by atoms with van der Waals surface area (Å²) in [6, 6.07) is 7.41. The van der Waals surface area contributed by atoms with E-state index in [-0.39, 0.29) is 11.6 Å². The lowest BCUT2D eigenvalue weighted by Crippen LogP contribution is -2.29. The maximum Gasteiger partial charge on any atom is 0.215 e. The van der Waals surface area contributed by atoms with Gasteiger partial charge in [-0.15, -0.1) is 0 Å². The van der Waals surface area contributed by atoms with Crippen LogP contribution in [0.1, 0.15) is 35.0 Å². The minimum Gasteiger partial charge on any atom is -0.383 e. The summed E-state index contributed by atoms with van der Waals surface area (Å²) >= 11 is 0. The Labute approximate surface area is 148 Å². The van der Waals surface area contributed by atoms with Gasteiger partial charge in [-0.05, 0) is 50.2 Å². The number of rotatable bonds is 4. The lowest BCUT2D eigenvalue weighted by Gasteiger charge is -2.22. The molecule has 0 atom stereocenters. The van der Waals surface area contributed by atoms with Crippen LogP contribution in [0.25, 0.3) is 0 Å². The van der Waals surface area contributed by atoms with Crippen LogP contribution in [0, 0.1) is 0 Å². The molecule has 0 aliphatic carbocycles. The number of ketones is 1. The van der Waals surface area contributed by atoms with Crippen molar-refractivity contribution in [2.24, 2.45) is 0 Å². The van der Waals surface area contributed by atoms with Crippen LogP contribution in [0.3, 0.4) is 0 Å². The number of carbonyl (C=O) groups excluding carboxylic acids is 1. The molecule has 0 amide bonds. The average molecular weight is 339 g/mol. The second-order valence-electron chi connectivity index (χ2n) is 6.48. The van der Waals surface area contributed by atoms with Crippen molar-refractivity contribution in [2.45, 2.75) is 19.8 Å². The first kappa shape index (κ1) is 17.4. The first-order valence-corrected chi connectivity index (χ1v) is 8.78. The molecule has 132 valence electrons. The van der Waals surface area contributed by atoms with Gasteiger partial charge in [-0.3, -0.25) is 4.79 Å². The van der Waals surface area contributed by atoms with E-state index in [0.717, 1.165) is 50.4 Å². The lowest BCUT2D eigenvalue weighted by atomic mass is 10.1. The fraction of sp³-hybridized carbons (Fsp3) is 0.421. The minimum atomic E-state index is -0.172. The zero-order valence-corrected chi connectivity index (χ0v) is 14.9. The molecule has 25 heavy (non-hydrogen) atoms. The molecule has 6 heteroatoms. The molecule has 0 saturated carbocycles. The van der Waals surface area contributed by atoms with Gasteiger partial charge in [0.2, 0.25) is 5.78 Å². The summed E-state index contributed by atoms with van der Waals surface area (Å²) in [5, 5.41) is 0. The average Bonchev–Trinajstić information content (AvgIpc) is 2.86. The summed E-state index contributed by atoms with van der Waals surface area (Å²) < 4.78 is 0. The molecule has 2 N–H and O–H groups in total. The SMILES string of the molecule is CCc1cnc(N)c(C(=O)c2cccc(N3CCCN(C)CC3)n2)c1. The van der Waals surface area contributed by atoms with E-state index >= 15 is 0 Å². The highest BCUT2D eigenvalue weighted by atomic mass is 16.1. The van der Waals surface area contributed by atoms with Gasteiger partial charge in [0.1, 0.15) is 17.3 Å². The van der Waals surface area contributed by atoms with Crippen molar-refractivity contribution in [3.05, 3.63) is 47.3 Å². The smallest absolute Gasteiger partial charge is 0.215 e. The van der Waals surface area contributed by atoms with Crippen molar-refractivity contribution in [1.29, 1.82) is 0 Å². The fourth-order valence-corrected chi connectivity index (χ4v) is 3.03. The van der Waals surface area contributed by atoms with Gasteiger partial charge in [-0.2, -0.15) is 0 Å². The van der Waals surface area contributed by atoms with Crippen molar-refractivity contribution in [1.82, 2.24) is 14.9 Å². The number of anilines is 2. The van der Waals surface area contributed by atoms with Gasteiger partial charge in [0, 0.05) is 25.8 Å². The Morgan fingerprint density at radius 3 is 2.88 bits per heavy atom. The third kappa shape index (κ3) is 3.96. The van der Waals surface area contributed by atoms with E-state index in [9.17, 15) is 4.79 Å². The Bertz CT molecular complexity index is 761. The largest absolute Gasteiger partial charge is 0.383 e. The number of nitrogens with two attached hydrogens (primary N) is 1. The molecule has 6 nitrogen and oxygen atoms in total. The molecule has 0 aromatic carbocycles. The van der Waals surface area contributed by atoms with Crippen molar-refractivity contribution < 1.29 is 4.79 Å². The molecule has 2 aromatic heterocycles. The molecule has 1 fully saturated rings. The minimum absolute atomic E-state index is 0.172. The Hall–Kier alpha value is -2.47. The van der Waals surface area contributed by atoms with Crippen molar-refractivity contribution in [3.63, 3.8) is 0 Å². The summed E-state index contributed by atoms with van der Waals surface area (Å²) in [6.07, 6.45) is 3.61. The van der Waals surface area contributed by atoms with Crippen LogP contribution in [0.4, 0.5) is 11.6 Å². The van der Waals surface area contributed by atoms with Crippen LogP contribution in [0.15, 0.2) is 30.5 Å². The van der Waals surface area contributed by atoms with Crippen LogP contribution in [0.5, 0.6) is 0 Å². The molecule has 0 bridgehead atoms. The molecule has 0 spiro atoms. The molecule has 3 rings (SSSR count). The maximum absolute atomic E-state index is 12.9. The number of hydrogen-bond donors (Lipinski definition) is 1. The van der Waals surface area contributed by atoms with Gasteiger partial charge < -0.3 is 15.5 Å². The highest BCUT2D eigenvalue weighted by molar-refractivity contribution is 6.10. The van der Waals surface area contributed by atoms with Crippen molar-refractivity contribution in [3.8, 4) is 0 Å². The number of aromatic nitrogens is 2. The molecule has 1 aliphatic heterocycles. The van der Waals surface area contributed by atoms with Crippen LogP contribution >= 0.6 is 0 Å². The zero-order valence-electron chi connectivity index (χ0n) is 14.9. The predicted molar refractivity (Wildman–Crippen MR) is 100 cm³/mol. The Morgan fingerprint density at radius 1 is 1.24 bits per heavy atom. The van der Waals surface area contributed by atoms with E-state index in [4.69, 9.17) is 5.73 Å². The summed E-state index contributed by atoms with van der Waals surface area (Å²) in [5.74, 6) is 0.930. The molecular formula is C19H25N5O. The molecule has 0 radical (unpaired) electrons. The molecule has 2 aromatic rings. The monoisotopic (exact) mass is 339 g/mol. The molecule has 3 heterocycles.